The lowest BCUT2D eigenvalue weighted by atomic mass is 9.71. The number of aliphatic hydroxyl groups is 1. The van der Waals surface area contributed by atoms with E-state index in [1.54, 1.807) is 13.8 Å². The van der Waals surface area contributed by atoms with Gasteiger partial charge in [-0.3, -0.25) is 4.79 Å². The molecule has 2 N–H and O–H groups in total. The molecular formula is C14H20FN3O3. The number of halogens is 1. The molecule has 1 aromatic heterocycles. The van der Waals surface area contributed by atoms with Crippen LogP contribution in [0, 0.1) is 18.2 Å². The zero-order valence-corrected chi connectivity index (χ0v) is 12.4. The van der Waals surface area contributed by atoms with Crippen molar-refractivity contribution in [2.75, 3.05) is 12.4 Å². The van der Waals surface area contributed by atoms with Crippen LogP contribution in [-0.4, -0.2) is 40.3 Å². The highest BCUT2D eigenvalue weighted by molar-refractivity contribution is 5.77. The number of nitrogens with one attached hydrogen (secondary N) is 1. The maximum Gasteiger partial charge on any atom is 0.314 e. The number of ether oxygens (including phenoxy) is 1. The van der Waals surface area contributed by atoms with E-state index < -0.39 is 29.3 Å². The van der Waals surface area contributed by atoms with Gasteiger partial charge < -0.3 is 15.2 Å². The standard InChI is InChI=1S/C14H20FN3O3/c1-8-16-7-9(15)12(17-8)18-10-5-4-6-14(2,11(10)19)13(20)21-3/h7,10-11,19H,4-6H2,1-3H3,(H,16,17,18)/t10?,11-,14+/m1/s1. The summed E-state index contributed by atoms with van der Waals surface area (Å²) in [6, 6.07) is -0.466. The van der Waals surface area contributed by atoms with Gasteiger partial charge in [-0.15, -0.1) is 0 Å². The average molecular weight is 297 g/mol. The van der Waals surface area contributed by atoms with Crippen LogP contribution in [0.25, 0.3) is 0 Å². The van der Waals surface area contributed by atoms with Gasteiger partial charge in [-0.25, -0.2) is 14.4 Å². The van der Waals surface area contributed by atoms with Crippen LogP contribution in [0.3, 0.4) is 0 Å². The SMILES string of the molecule is COC(=O)[C@@]1(C)CCCC(Nc2nc(C)ncc2F)[C@H]1O. The van der Waals surface area contributed by atoms with E-state index in [9.17, 15) is 14.3 Å². The van der Waals surface area contributed by atoms with Gasteiger partial charge in [0.1, 0.15) is 5.82 Å². The molecule has 0 aromatic carbocycles. The molecule has 0 bridgehead atoms. The van der Waals surface area contributed by atoms with Crippen LogP contribution in [0.4, 0.5) is 10.2 Å². The van der Waals surface area contributed by atoms with E-state index in [-0.39, 0.29) is 5.82 Å². The highest BCUT2D eigenvalue weighted by Gasteiger charge is 2.48. The van der Waals surface area contributed by atoms with Gasteiger partial charge in [0.05, 0.1) is 30.9 Å². The zero-order valence-electron chi connectivity index (χ0n) is 12.4. The minimum Gasteiger partial charge on any atom is -0.469 e. The molecule has 7 heteroatoms. The normalized spacial score (nSPS) is 29.0. The number of methoxy groups -OCH3 is 1. The summed E-state index contributed by atoms with van der Waals surface area (Å²) in [5, 5.41) is 13.4. The molecular weight excluding hydrogens is 277 g/mol. The van der Waals surface area contributed by atoms with Crippen molar-refractivity contribution in [2.24, 2.45) is 5.41 Å². The number of hydrogen-bond acceptors (Lipinski definition) is 6. The first kappa shape index (κ1) is 15.6. The Balaban J connectivity index is 2.20. The van der Waals surface area contributed by atoms with Crippen molar-refractivity contribution in [1.82, 2.24) is 9.97 Å². The van der Waals surface area contributed by atoms with E-state index in [0.717, 1.165) is 12.6 Å². The third-order valence-electron chi connectivity index (χ3n) is 4.08. The van der Waals surface area contributed by atoms with Crippen molar-refractivity contribution < 1.29 is 19.0 Å². The van der Waals surface area contributed by atoms with Gasteiger partial charge >= 0.3 is 5.97 Å². The number of aromatic nitrogens is 2. The molecule has 1 aliphatic rings. The summed E-state index contributed by atoms with van der Waals surface area (Å²) in [5.41, 5.74) is -0.997. The molecule has 0 saturated heterocycles. The lowest BCUT2D eigenvalue weighted by molar-refractivity contribution is -0.162. The highest BCUT2D eigenvalue weighted by Crippen LogP contribution is 2.38. The first-order valence-corrected chi connectivity index (χ1v) is 6.90. The summed E-state index contributed by atoms with van der Waals surface area (Å²) in [6.07, 6.45) is 1.99. The van der Waals surface area contributed by atoms with Crippen molar-refractivity contribution in [2.45, 2.75) is 45.3 Å². The summed E-state index contributed by atoms with van der Waals surface area (Å²) in [7, 11) is 1.30. The third-order valence-corrected chi connectivity index (χ3v) is 4.08. The number of nitrogens with zero attached hydrogens (tertiary/aromatic N) is 2. The van der Waals surface area contributed by atoms with Crippen LogP contribution in [0.2, 0.25) is 0 Å². The minimum absolute atomic E-state index is 0.0423. The van der Waals surface area contributed by atoms with Crippen molar-refractivity contribution in [3.05, 3.63) is 17.8 Å². The maximum absolute atomic E-state index is 13.7. The fourth-order valence-corrected chi connectivity index (χ4v) is 2.78. The summed E-state index contributed by atoms with van der Waals surface area (Å²) in [6.45, 7) is 3.32. The predicted octanol–water partition coefficient (Wildman–Crippen LogP) is 1.43. The zero-order chi connectivity index (χ0) is 15.6. The maximum atomic E-state index is 13.7. The molecule has 0 spiro atoms. The van der Waals surface area contributed by atoms with Gasteiger partial charge in [0.25, 0.3) is 0 Å². The van der Waals surface area contributed by atoms with Crippen molar-refractivity contribution in [3.8, 4) is 0 Å². The molecule has 1 aromatic rings. The van der Waals surface area contributed by atoms with Gasteiger partial charge in [-0.1, -0.05) is 6.42 Å². The summed E-state index contributed by atoms with van der Waals surface area (Å²) in [5.74, 6) is -0.570. The highest BCUT2D eigenvalue weighted by atomic mass is 19.1. The third kappa shape index (κ3) is 2.97. The second-order valence-corrected chi connectivity index (χ2v) is 5.61. The van der Waals surface area contributed by atoms with Crippen LogP contribution >= 0.6 is 0 Å². The van der Waals surface area contributed by atoms with E-state index in [1.165, 1.54) is 7.11 Å². The average Bonchev–Trinajstić information content (AvgIpc) is 2.46. The summed E-state index contributed by atoms with van der Waals surface area (Å²) in [4.78, 5) is 19.7. The molecule has 3 atom stereocenters. The Morgan fingerprint density at radius 3 is 3.00 bits per heavy atom. The Hall–Kier alpha value is -1.76. The molecule has 6 nitrogen and oxygen atoms in total. The molecule has 0 aliphatic heterocycles. The lowest BCUT2D eigenvalue weighted by Crippen LogP contribution is -2.53. The Kier molecular flexibility index (Phi) is 4.41. The molecule has 116 valence electrons. The number of hydrogen-bond donors (Lipinski definition) is 2. The number of esters is 1. The van der Waals surface area contributed by atoms with Crippen LogP contribution in [0.5, 0.6) is 0 Å². The Morgan fingerprint density at radius 2 is 2.33 bits per heavy atom. The molecule has 0 amide bonds. The van der Waals surface area contributed by atoms with Gasteiger partial charge in [0.2, 0.25) is 0 Å². The van der Waals surface area contributed by atoms with Crippen molar-refractivity contribution in [1.29, 1.82) is 0 Å². The Bertz CT molecular complexity index is 540. The largest absolute Gasteiger partial charge is 0.469 e. The molecule has 0 radical (unpaired) electrons. The second-order valence-electron chi connectivity index (χ2n) is 5.61. The van der Waals surface area contributed by atoms with Gasteiger partial charge in [0.15, 0.2) is 11.6 Å². The van der Waals surface area contributed by atoms with E-state index in [4.69, 9.17) is 4.74 Å². The van der Waals surface area contributed by atoms with Crippen LogP contribution in [-0.2, 0) is 9.53 Å². The van der Waals surface area contributed by atoms with Crippen molar-refractivity contribution in [3.63, 3.8) is 0 Å². The van der Waals surface area contributed by atoms with E-state index in [2.05, 4.69) is 15.3 Å². The number of carbonyl (C=O) groups excluding carboxylic acids is 1. The van der Waals surface area contributed by atoms with Crippen LogP contribution in [0.1, 0.15) is 32.0 Å². The number of anilines is 1. The molecule has 1 fully saturated rings. The number of rotatable bonds is 3. The first-order valence-electron chi connectivity index (χ1n) is 6.90. The molecule has 1 saturated carbocycles. The Morgan fingerprint density at radius 1 is 1.62 bits per heavy atom. The summed E-state index contributed by atoms with van der Waals surface area (Å²) >= 11 is 0. The molecule has 1 heterocycles. The number of carbonyl (C=O) groups is 1. The van der Waals surface area contributed by atoms with E-state index >= 15 is 0 Å². The van der Waals surface area contributed by atoms with Gasteiger partial charge in [-0.2, -0.15) is 0 Å². The molecule has 1 aliphatic carbocycles. The predicted molar refractivity (Wildman–Crippen MR) is 74.1 cm³/mol. The van der Waals surface area contributed by atoms with E-state index in [1.807, 2.05) is 0 Å². The topological polar surface area (TPSA) is 84.3 Å². The Labute approximate surface area is 122 Å². The second kappa shape index (κ2) is 5.93. The quantitative estimate of drug-likeness (QED) is 0.821. The molecule has 1 unspecified atom stereocenters. The summed E-state index contributed by atoms with van der Waals surface area (Å²) < 4.78 is 18.5. The molecule has 2 rings (SSSR count). The van der Waals surface area contributed by atoms with Crippen molar-refractivity contribution >= 4 is 11.8 Å². The molecule has 21 heavy (non-hydrogen) atoms. The smallest absolute Gasteiger partial charge is 0.314 e. The monoisotopic (exact) mass is 297 g/mol. The first-order chi connectivity index (χ1) is 9.88. The lowest BCUT2D eigenvalue weighted by Gasteiger charge is -2.41. The van der Waals surface area contributed by atoms with E-state index in [0.29, 0.717) is 18.7 Å². The fourth-order valence-electron chi connectivity index (χ4n) is 2.78. The van der Waals surface area contributed by atoms with Gasteiger partial charge in [0, 0.05) is 0 Å². The van der Waals surface area contributed by atoms with Gasteiger partial charge in [-0.05, 0) is 26.7 Å². The van der Waals surface area contributed by atoms with Crippen LogP contribution in [0.15, 0.2) is 6.20 Å². The number of aryl methyl sites for hydroxylation is 1. The fraction of sp³-hybridized carbons (Fsp3) is 0.643. The minimum atomic E-state index is -0.997. The number of aliphatic hydroxyl groups excluding tert-OH is 1. The van der Waals surface area contributed by atoms with Crippen LogP contribution < -0.4 is 5.32 Å².